The Morgan fingerprint density at radius 3 is 2.65 bits per heavy atom. The normalized spacial score (nSPS) is 17.6. The maximum Gasteiger partial charge on any atom is 0.198 e. The fraction of sp³-hybridized carbons (Fsp3) is 0.208. The second kappa shape index (κ2) is 9.49. The fourth-order valence-corrected chi connectivity index (χ4v) is 4.96. The molecule has 4 aromatic rings. The molecular weight excluding hydrogens is 460 g/mol. The van der Waals surface area contributed by atoms with Gasteiger partial charge in [0, 0.05) is 18.3 Å². The van der Waals surface area contributed by atoms with Gasteiger partial charge in [0.15, 0.2) is 23.0 Å². The highest BCUT2D eigenvalue weighted by atomic mass is 32.2. The summed E-state index contributed by atoms with van der Waals surface area (Å²) in [5.41, 5.74) is 2.15. The van der Waals surface area contributed by atoms with Gasteiger partial charge in [-0.15, -0.1) is 4.31 Å². The summed E-state index contributed by atoms with van der Waals surface area (Å²) < 4.78 is 49.2. The summed E-state index contributed by atoms with van der Waals surface area (Å²) in [4.78, 5) is 8.61. The Balaban J connectivity index is 1.46. The molecule has 2 atom stereocenters. The Morgan fingerprint density at radius 2 is 1.91 bits per heavy atom. The van der Waals surface area contributed by atoms with E-state index in [1.54, 1.807) is 30.5 Å². The number of para-hydroxylation sites is 1. The molecular formula is C24H21F2N5O2S. The highest BCUT2D eigenvalue weighted by Crippen LogP contribution is 2.33. The largest absolute Gasteiger partial charge is 0.593 e. The Labute approximate surface area is 198 Å². The van der Waals surface area contributed by atoms with Gasteiger partial charge in [0.05, 0.1) is 29.3 Å². The molecule has 1 aliphatic heterocycles. The Bertz CT molecular complexity index is 1310. The van der Waals surface area contributed by atoms with Crippen molar-refractivity contribution in [1.29, 1.82) is 0 Å². The molecule has 1 aliphatic rings. The van der Waals surface area contributed by atoms with Gasteiger partial charge in [-0.05, 0) is 55.8 Å². The lowest BCUT2D eigenvalue weighted by Crippen LogP contribution is -2.40. The first kappa shape index (κ1) is 22.5. The van der Waals surface area contributed by atoms with Crippen LogP contribution in [0, 0.1) is 11.6 Å². The molecule has 0 radical (unpaired) electrons. The van der Waals surface area contributed by atoms with E-state index in [9.17, 15) is 13.3 Å². The molecule has 0 amide bonds. The van der Waals surface area contributed by atoms with Gasteiger partial charge in [-0.2, -0.15) is 5.10 Å². The summed E-state index contributed by atoms with van der Waals surface area (Å²) in [5.74, 6) is -1.70. The quantitative estimate of drug-likeness (QED) is 0.360. The zero-order valence-corrected chi connectivity index (χ0v) is 18.9. The smallest absolute Gasteiger partial charge is 0.198 e. The predicted molar refractivity (Wildman–Crippen MR) is 125 cm³/mol. The minimum absolute atomic E-state index is 0.00422. The van der Waals surface area contributed by atoms with Crippen molar-refractivity contribution in [2.75, 3.05) is 13.1 Å². The van der Waals surface area contributed by atoms with E-state index in [0.717, 1.165) is 42.5 Å². The van der Waals surface area contributed by atoms with E-state index in [1.165, 1.54) is 17.8 Å². The average molecular weight is 482 g/mol. The third-order valence-electron chi connectivity index (χ3n) is 5.74. The lowest BCUT2D eigenvalue weighted by Gasteiger charge is -2.31. The Hall–Kier alpha value is -3.34. The monoisotopic (exact) mass is 481 g/mol. The van der Waals surface area contributed by atoms with Crippen molar-refractivity contribution in [2.45, 2.75) is 18.9 Å². The summed E-state index contributed by atoms with van der Waals surface area (Å²) in [6, 6.07) is 10.4. The number of rotatable bonds is 6. The summed E-state index contributed by atoms with van der Waals surface area (Å²) in [6.07, 6.45) is 4.95. The first-order valence-corrected chi connectivity index (χ1v) is 11.9. The molecule has 5 rings (SSSR count). The van der Waals surface area contributed by atoms with Gasteiger partial charge >= 0.3 is 0 Å². The first-order chi connectivity index (χ1) is 16.5. The molecule has 1 fully saturated rings. The molecule has 0 aliphatic carbocycles. The molecule has 34 heavy (non-hydrogen) atoms. The van der Waals surface area contributed by atoms with Crippen LogP contribution in [0.15, 0.2) is 67.0 Å². The lowest BCUT2D eigenvalue weighted by atomic mass is 10.1. The zero-order chi connectivity index (χ0) is 23.7. The highest BCUT2D eigenvalue weighted by molar-refractivity contribution is 7.92. The van der Waals surface area contributed by atoms with Crippen LogP contribution in [0.5, 0.6) is 11.5 Å². The van der Waals surface area contributed by atoms with E-state index in [0.29, 0.717) is 23.6 Å². The zero-order valence-electron chi connectivity index (χ0n) is 18.1. The number of hydrogen-bond donors (Lipinski definition) is 0. The molecule has 0 bridgehead atoms. The standard InChI is InChI=1S/C24H21F2N5O2S/c1-2-34(32)30-12-4-5-17(14-30)31-24-19(13-27-15-28-24)22(29-31)16-8-10-18(11-9-16)33-23-20(25)6-3-7-21(23)26/h2-3,6-11,13,15,17H,1,4-5,12,14H2. The van der Waals surface area contributed by atoms with Crippen molar-refractivity contribution in [2.24, 2.45) is 0 Å². The van der Waals surface area contributed by atoms with Crippen molar-refractivity contribution in [3.05, 3.63) is 78.6 Å². The van der Waals surface area contributed by atoms with Gasteiger partial charge in [-0.3, -0.25) is 0 Å². The summed E-state index contributed by atoms with van der Waals surface area (Å²) in [5, 5.41) is 7.06. The number of fused-ring (bicyclic) bond motifs is 1. The molecule has 0 spiro atoms. The minimum atomic E-state index is -1.24. The van der Waals surface area contributed by atoms with Crippen LogP contribution < -0.4 is 4.74 Å². The second-order valence-electron chi connectivity index (χ2n) is 7.86. The number of ether oxygens (including phenoxy) is 1. The predicted octanol–water partition coefficient (Wildman–Crippen LogP) is 5.01. The van der Waals surface area contributed by atoms with Crippen LogP contribution in [0.3, 0.4) is 0 Å². The van der Waals surface area contributed by atoms with Crippen molar-refractivity contribution in [1.82, 2.24) is 24.1 Å². The van der Waals surface area contributed by atoms with E-state index < -0.39 is 28.7 Å². The molecule has 7 nitrogen and oxygen atoms in total. The van der Waals surface area contributed by atoms with Crippen LogP contribution in [-0.4, -0.2) is 41.7 Å². The van der Waals surface area contributed by atoms with Crippen molar-refractivity contribution in [3.63, 3.8) is 0 Å². The molecule has 0 saturated carbocycles. The van der Waals surface area contributed by atoms with Crippen LogP contribution in [0.2, 0.25) is 0 Å². The van der Waals surface area contributed by atoms with Crippen LogP contribution in [0.4, 0.5) is 8.78 Å². The number of hydrogen-bond acceptors (Lipinski definition) is 6. The van der Waals surface area contributed by atoms with Crippen LogP contribution in [-0.2, 0) is 11.4 Å². The van der Waals surface area contributed by atoms with Crippen LogP contribution in [0.1, 0.15) is 18.9 Å². The van der Waals surface area contributed by atoms with E-state index in [2.05, 4.69) is 16.5 Å². The molecule has 174 valence electrons. The maximum atomic E-state index is 13.9. The molecule has 2 aromatic carbocycles. The minimum Gasteiger partial charge on any atom is -0.593 e. The van der Waals surface area contributed by atoms with Crippen LogP contribution in [0.25, 0.3) is 22.3 Å². The number of aromatic nitrogens is 4. The lowest BCUT2D eigenvalue weighted by molar-refractivity contribution is 0.260. The molecule has 2 unspecified atom stereocenters. The van der Waals surface area contributed by atoms with Gasteiger partial charge in [0.25, 0.3) is 0 Å². The van der Waals surface area contributed by atoms with Crippen molar-refractivity contribution < 1.29 is 18.1 Å². The maximum absolute atomic E-state index is 13.9. The number of halogens is 2. The van der Waals surface area contributed by atoms with Crippen molar-refractivity contribution >= 4 is 22.4 Å². The molecule has 0 N–H and O–H groups in total. The fourth-order valence-electron chi connectivity index (χ4n) is 4.12. The molecule has 10 heteroatoms. The van der Waals surface area contributed by atoms with Gasteiger partial charge < -0.3 is 9.29 Å². The molecule has 3 heterocycles. The van der Waals surface area contributed by atoms with Gasteiger partial charge in [0.1, 0.15) is 23.2 Å². The van der Waals surface area contributed by atoms with E-state index in [-0.39, 0.29) is 6.04 Å². The Kier molecular flexibility index (Phi) is 6.27. The number of benzene rings is 2. The van der Waals surface area contributed by atoms with Gasteiger partial charge in [-0.25, -0.2) is 23.4 Å². The SMILES string of the molecule is C=C[S+]([O-])N1CCCC(n2nc(-c3ccc(Oc4c(F)cccc4F)cc3)c3cncnc32)C1. The third-order valence-corrected chi connectivity index (χ3v) is 6.87. The molecule has 2 aromatic heterocycles. The average Bonchev–Trinajstić information content (AvgIpc) is 3.26. The molecule has 1 saturated heterocycles. The first-order valence-electron chi connectivity index (χ1n) is 10.7. The van der Waals surface area contributed by atoms with E-state index in [4.69, 9.17) is 9.84 Å². The summed E-state index contributed by atoms with van der Waals surface area (Å²) >= 11 is -1.24. The van der Waals surface area contributed by atoms with Gasteiger partial charge in [-0.1, -0.05) is 6.07 Å². The number of nitrogens with zero attached hydrogens (tertiary/aromatic N) is 5. The Morgan fingerprint density at radius 1 is 1.15 bits per heavy atom. The van der Waals surface area contributed by atoms with Crippen LogP contribution >= 0.6 is 0 Å². The topological polar surface area (TPSA) is 79.1 Å². The highest BCUT2D eigenvalue weighted by Gasteiger charge is 2.30. The third kappa shape index (κ3) is 4.27. The summed E-state index contributed by atoms with van der Waals surface area (Å²) in [6.45, 7) is 4.94. The van der Waals surface area contributed by atoms with E-state index in [1.807, 2.05) is 8.99 Å². The number of piperidine rings is 1. The van der Waals surface area contributed by atoms with Crippen molar-refractivity contribution in [3.8, 4) is 22.8 Å². The second-order valence-corrected chi connectivity index (χ2v) is 9.26. The van der Waals surface area contributed by atoms with Gasteiger partial charge in [0.2, 0.25) is 0 Å². The summed E-state index contributed by atoms with van der Waals surface area (Å²) in [7, 11) is 0. The van der Waals surface area contributed by atoms with E-state index >= 15 is 0 Å².